The molecule has 0 N–H and O–H groups in total. The largest absolute Gasteiger partial charge is 0.381 e. The first-order chi connectivity index (χ1) is 8.24. The maximum Gasteiger partial charge on any atom is 0.234 e. The Morgan fingerprint density at radius 2 is 2.35 bits per heavy atom. The molecule has 6 heteroatoms. The number of fused-ring (bicyclic) bond motifs is 1. The fourth-order valence-corrected chi connectivity index (χ4v) is 3.04. The van der Waals surface area contributed by atoms with Crippen LogP contribution < -0.4 is 0 Å². The second-order valence-electron chi connectivity index (χ2n) is 4.91. The smallest absolute Gasteiger partial charge is 0.234 e. The summed E-state index contributed by atoms with van der Waals surface area (Å²) in [4.78, 5) is 0.905. The van der Waals surface area contributed by atoms with E-state index in [9.17, 15) is 0 Å². The van der Waals surface area contributed by atoms with Crippen molar-refractivity contribution in [3.63, 3.8) is 0 Å². The van der Waals surface area contributed by atoms with Gasteiger partial charge in [-0.25, -0.2) is 0 Å². The van der Waals surface area contributed by atoms with E-state index in [-0.39, 0.29) is 0 Å². The summed E-state index contributed by atoms with van der Waals surface area (Å²) in [6.07, 6.45) is 2.00. The normalized spacial score (nSPS) is 20.8. The van der Waals surface area contributed by atoms with E-state index >= 15 is 0 Å². The molecule has 1 atom stereocenters. The molecule has 1 unspecified atom stereocenters. The molecule has 0 aliphatic carbocycles. The van der Waals surface area contributed by atoms with E-state index in [4.69, 9.17) is 4.74 Å². The van der Waals surface area contributed by atoms with Crippen LogP contribution in [0.1, 0.15) is 37.0 Å². The summed E-state index contributed by atoms with van der Waals surface area (Å²) in [7, 11) is 0. The molecule has 5 nitrogen and oxygen atoms in total. The van der Waals surface area contributed by atoms with E-state index in [1.165, 1.54) is 0 Å². The van der Waals surface area contributed by atoms with Crippen molar-refractivity contribution in [1.29, 1.82) is 0 Å². The predicted octanol–water partition coefficient (Wildman–Crippen LogP) is 1.89. The van der Waals surface area contributed by atoms with Gasteiger partial charge in [0, 0.05) is 18.9 Å². The van der Waals surface area contributed by atoms with Gasteiger partial charge < -0.3 is 4.74 Å². The summed E-state index contributed by atoms with van der Waals surface area (Å²) in [5, 5.41) is 14.2. The molecule has 0 bridgehead atoms. The van der Waals surface area contributed by atoms with E-state index in [1.54, 1.807) is 11.3 Å². The number of rotatable bonds is 3. The number of hydrogen-bond donors (Lipinski definition) is 0. The highest BCUT2D eigenvalue weighted by atomic mass is 32.1. The summed E-state index contributed by atoms with van der Waals surface area (Å²) in [5.41, 5.74) is 0. The first kappa shape index (κ1) is 11.1. The van der Waals surface area contributed by atoms with Crippen LogP contribution in [0.2, 0.25) is 0 Å². The van der Waals surface area contributed by atoms with Gasteiger partial charge in [0.25, 0.3) is 0 Å². The molecule has 0 saturated carbocycles. The number of hydrogen-bond acceptors (Lipinski definition) is 5. The Labute approximate surface area is 104 Å². The lowest BCUT2D eigenvalue weighted by Gasteiger charge is -2.01. The molecule has 3 heterocycles. The maximum atomic E-state index is 5.40. The molecule has 17 heavy (non-hydrogen) atoms. The Morgan fingerprint density at radius 3 is 3.06 bits per heavy atom. The van der Waals surface area contributed by atoms with Gasteiger partial charge in [-0.15, -0.1) is 10.2 Å². The van der Waals surface area contributed by atoms with Crippen LogP contribution in [0.3, 0.4) is 0 Å². The summed E-state index contributed by atoms with van der Waals surface area (Å²) in [6, 6.07) is 0. The van der Waals surface area contributed by atoms with Crippen molar-refractivity contribution in [2.75, 3.05) is 13.2 Å². The highest BCUT2D eigenvalue weighted by Gasteiger charge is 2.23. The third kappa shape index (κ3) is 2.07. The Balaban J connectivity index is 1.93. The van der Waals surface area contributed by atoms with Crippen LogP contribution in [-0.2, 0) is 11.2 Å². The van der Waals surface area contributed by atoms with Gasteiger partial charge in [-0.05, 0) is 12.3 Å². The van der Waals surface area contributed by atoms with Crippen molar-refractivity contribution in [3.05, 3.63) is 10.8 Å². The van der Waals surface area contributed by atoms with Crippen LogP contribution in [0, 0.1) is 5.92 Å². The lowest BCUT2D eigenvalue weighted by atomic mass is 10.1. The second kappa shape index (κ2) is 4.34. The first-order valence-corrected chi connectivity index (χ1v) is 6.84. The third-order valence-corrected chi connectivity index (χ3v) is 4.00. The molecule has 0 spiro atoms. The van der Waals surface area contributed by atoms with Gasteiger partial charge >= 0.3 is 0 Å². The van der Waals surface area contributed by atoms with Gasteiger partial charge in [0.05, 0.1) is 6.61 Å². The van der Waals surface area contributed by atoms with E-state index in [0.717, 1.165) is 41.8 Å². The van der Waals surface area contributed by atoms with Gasteiger partial charge in [0.2, 0.25) is 4.96 Å². The van der Waals surface area contributed by atoms with Crippen LogP contribution in [0.4, 0.5) is 0 Å². The van der Waals surface area contributed by atoms with E-state index in [0.29, 0.717) is 11.8 Å². The van der Waals surface area contributed by atoms with Crippen molar-refractivity contribution in [2.24, 2.45) is 5.92 Å². The molecule has 1 fully saturated rings. The average Bonchev–Trinajstić information content (AvgIpc) is 2.93. The third-order valence-electron chi connectivity index (χ3n) is 2.94. The Hall–Kier alpha value is -1.01. The number of ether oxygens (including phenoxy) is 1. The summed E-state index contributed by atoms with van der Waals surface area (Å²) < 4.78 is 7.30. The monoisotopic (exact) mass is 252 g/mol. The zero-order chi connectivity index (χ0) is 11.8. The van der Waals surface area contributed by atoms with Crippen LogP contribution in [0.15, 0.2) is 0 Å². The standard InChI is InChI=1S/C11H16N4OS/c1-7(2)5-9-12-13-11-15(9)14-10(17-11)8-3-4-16-6-8/h7-8H,3-6H2,1-2H3. The molecular formula is C11H16N4OS. The Bertz CT molecular complexity index is 512. The molecular weight excluding hydrogens is 236 g/mol. The van der Waals surface area contributed by atoms with E-state index in [2.05, 4.69) is 29.1 Å². The summed E-state index contributed by atoms with van der Waals surface area (Å²) in [5.74, 6) is 1.99. The molecule has 0 aromatic carbocycles. The predicted molar refractivity (Wildman–Crippen MR) is 65.4 cm³/mol. The van der Waals surface area contributed by atoms with E-state index < -0.39 is 0 Å². The Morgan fingerprint density at radius 1 is 1.47 bits per heavy atom. The van der Waals surface area contributed by atoms with Crippen LogP contribution in [-0.4, -0.2) is 33.0 Å². The molecule has 1 saturated heterocycles. The minimum atomic E-state index is 0.452. The summed E-state index contributed by atoms with van der Waals surface area (Å²) >= 11 is 1.64. The minimum Gasteiger partial charge on any atom is -0.381 e. The quantitative estimate of drug-likeness (QED) is 0.837. The average molecular weight is 252 g/mol. The molecule has 2 aromatic rings. The zero-order valence-corrected chi connectivity index (χ0v) is 10.9. The first-order valence-electron chi connectivity index (χ1n) is 6.03. The lowest BCUT2D eigenvalue weighted by Crippen LogP contribution is -2.03. The topological polar surface area (TPSA) is 52.3 Å². The SMILES string of the molecule is CC(C)Cc1nnc2sc(C3CCOC3)nn12. The van der Waals surface area contributed by atoms with Crippen molar-refractivity contribution < 1.29 is 4.74 Å². The van der Waals surface area contributed by atoms with Crippen molar-refractivity contribution in [3.8, 4) is 0 Å². The highest BCUT2D eigenvalue weighted by molar-refractivity contribution is 7.16. The molecule has 92 valence electrons. The molecule has 0 radical (unpaired) electrons. The van der Waals surface area contributed by atoms with Crippen molar-refractivity contribution in [1.82, 2.24) is 19.8 Å². The summed E-state index contributed by atoms with van der Waals surface area (Å²) in [6.45, 7) is 6.01. The van der Waals surface area contributed by atoms with Crippen molar-refractivity contribution >= 4 is 16.3 Å². The molecule has 1 aliphatic heterocycles. The second-order valence-corrected chi connectivity index (χ2v) is 5.90. The highest BCUT2D eigenvalue weighted by Crippen LogP contribution is 2.28. The van der Waals surface area contributed by atoms with Crippen LogP contribution in [0.25, 0.3) is 4.96 Å². The van der Waals surface area contributed by atoms with Crippen LogP contribution in [0.5, 0.6) is 0 Å². The van der Waals surface area contributed by atoms with Gasteiger partial charge in [-0.1, -0.05) is 25.2 Å². The number of aromatic nitrogens is 4. The fraction of sp³-hybridized carbons (Fsp3) is 0.727. The molecule has 3 rings (SSSR count). The zero-order valence-electron chi connectivity index (χ0n) is 10.1. The van der Waals surface area contributed by atoms with Gasteiger partial charge in [0.1, 0.15) is 5.01 Å². The van der Waals surface area contributed by atoms with Gasteiger partial charge in [0.15, 0.2) is 5.82 Å². The van der Waals surface area contributed by atoms with E-state index in [1.807, 2.05) is 4.52 Å². The molecule has 2 aromatic heterocycles. The minimum absolute atomic E-state index is 0.452. The molecule has 0 amide bonds. The van der Waals surface area contributed by atoms with Crippen LogP contribution >= 0.6 is 11.3 Å². The van der Waals surface area contributed by atoms with Gasteiger partial charge in [-0.3, -0.25) is 0 Å². The lowest BCUT2D eigenvalue weighted by molar-refractivity contribution is 0.193. The number of nitrogens with zero attached hydrogens (tertiary/aromatic N) is 4. The van der Waals surface area contributed by atoms with Crippen molar-refractivity contribution in [2.45, 2.75) is 32.6 Å². The molecule has 1 aliphatic rings. The Kier molecular flexibility index (Phi) is 2.84. The fourth-order valence-electron chi connectivity index (χ4n) is 2.06. The van der Waals surface area contributed by atoms with Gasteiger partial charge in [-0.2, -0.15) is 9.61 Å². The maximum absolute atomic E-state index is 5.40.